The maximum absolute atomic E-state index is 11.8. The lowest BCUT2D eigenvalue weighted by atomic mass is 9.84. The second-order valence-electron chi connectivity index (χ2n) is 4.44. The van der Waals surface area contributed by atoms with Crippen LogP contribution in [0.2, 0.25) is 0 Å². The van der Waals surface area contributed by atoms with E-state index in [-0.39, 0.29) is 19.1 Å². The van der Waals surface area contributed by atoms with Gasteiger partial charge in [-0.2, -0.15) is 0 Å². The fraction of sp³-hybridized carbons (Fsp3) is 0.833. The van der Waals surface area contributed by atoms with E-state index in [1.54, 1.807) is 13.8 Å². The first kappa shape index (κ1) is 14.0. The van der Waals surface area contributed by atoms with E-state index in [4.69, 9.17) is 9.47 Å². The molecule has 1 rings (SSSR count). The van der Waals surface area contributed by atoms with Crippen molar-refractivity contribution < 1.29 is 24.2 Å². The van der Waals surface area contributed by atoms with E-state index in [0.29, 0.717) is 0 Å². The number of rotatable bonds is 6. The molecule has 1 aliphatic carbocycles. The molecule has 1 aliphatic rings. The SMILES string of the molecule is CCOC(=O)C(C(=O)OCC)C(C)(O)C1CC1. The molecule has 0 aliphatic heterocycles. The zero-order valence-electron chi connectivity index (χ0n) is 10.6. The molecule has 0 saturated heterocycles. The van der Waals surface area contributed by atoms with E-state index in [9.17, 15) is 14.7 Å². The summed E-state index contributed by atoms with van der Waals surface area (Å²) in [6, 6.07) is 0. The third kappa shape index (κ3) is 3.19. The topological polar surface area (TPSA) is 72.8 Å². The summed E-state index contributed by atoms with van der Waals surface area (Å²) >= 11 is 0. The predicted octanol–water partition coefficient (Wildman–Crippen LogP) is 0.890. The average Bonchev–Trinajstić information content (AvgIpc) is 3.00. The third-order valence-corrected chi connectivity index (χ3v) is 3.03. The first-order valence-corrected chi connectivity index (χ1v) is 6.00. The highest BCUT2D eigenvalue weighted by Gasteiger charge is 2.53. The Hall–Kier alpha value is -1.10. The van der Waals surface area contributed by atoms with Gasteiger partial charge in [0.2, 0.25) is 0 Å². The Bertz CT molecular complexity index is 275. The molecule has 0 aromatic carbocycles. The van der Waals surface area contributed by atoms with Gasteiger partial charge in [-0.3, -0.25) is 9.59 Å². The van der Waals surface area contributed by atoms with E-state index >= 15 is 0 Å². The quantitative estimate of drug-likeness (QED) is 0.555. The number of carbonyl (C=O) groups excluding carboxylic acids is 2. The van der Waals surface area contributed by atoms with Crippen LogP contribution in [0.3, 0.4) is 0 Å². The van der Waals surface area contributed by atoms with Crippen molar-refractivity contribution >= 4 is 11.9 Å². The highest BCUT2D eigenvalue weighted by Crippen LogP contribution is 2.44. The van der Waals surface area contributed by atoms with Crippen molar-refractivity contribution in [3.63, 3.8) is 0 Å². The van der Waals surface area contributed by atoms with Gasteiger partial charge in [0.05, 0.1) is 18.8 Å². The second-order valence-corrected chi connectivity index (χ2v) is 4.44. The molecule has 0 spiro atoms. The molecule has 1 N–H and O–H groups in total. The van der Waals surface area contributed by atoms with Gasteiger partial charge >= 0.3 is 11.9 Å². The van der Waals surface area contributed by atoms with E-state index in [0.717, 1.165) is 12.8 Å². The van der Waals surface area contributed by atoms with Crippen LogP contribution < -0.4 is 0 Å². The molecule has 0 radical (unpaired) electrons. The van der Waals surface area contributed by atoms with Crippen LogP contribution in [0.4, 0.5) is 0 Å². The summed E-state index contributed by atoms with van der Waals surface area (Å²) in [5.74, 6) is -2.68. The van der Waals surface area contributed by atoms with Crippen LogP contribution in [-0.2, 0) is 19.1 Å². The van der Waals surface area contributed by atoms with Crippen molar-refractivity contribution in [2.24, 2.45) is 11.8 Å². The van der Waals surface area contributed by atoms with Crippen molar-refractivity contribution in [3.05, 3.63) is 0 Å². The van der Waals surface area contributed by atoms with Crippen molar-refractivity contribution in [1.29, 1.82) is 0 Å². The minimum atomic E-state index is -1.38. The summed E-state index contributed by atoms with van der Waals surface area (Å²) in [5.41, 5.74) is -1.38. The van der Waals surface area contributed by atoms with E-state index in [2.05, 4.69) is 0 Å². The van der Waals surface area contributed by atoms with Crippen molar-refractivity contribution in [1.82, 2.24) is 0 Å². The lowest BCUT2D eigenvalue weighted by molar-refractivity contribution is -0.175. The number of ether oxygens (including phenoxy) is 2. The van der Waals surface area contributed by atoms with Crippen LogP contribution in [0, 0.1) is 11.8 Å². The van der Waals surface area contributed by atoms with Crippen molar-refractivity contribution in [2.45, 2.75) is 39.2 Å². The second kappa shape index (κ2) is 5.49. The fourth-order valence-electron chi connectivity index (χ4n) is 1.93. The summed E-state index contributed by atoms with van der Waals surface area (Å²) < 4.78 is 9.67. The van der Waals surface area contributed by atoms with Crippen LogP contribution in [0.25, 0.3) is 0 Å². The summed E-state index contributed by atoms with van der Waals surface area (Å²) in [6.45, 7) is 5.17. The van der Waals surface area contributed by atoms with E-state index in [1.165, 1.54) is 6.92 Å². The minimum Gasteiger partial charge on any atom is -0.465 e. The summed E-state index contributed by atoms with van der Waals surface area (Å²) in [6.07, 6.45) is 1.64. The highest BCUT2D eigenvalue weighted by atomic mass is 16.6. The lowest BCUT2D eigenvalue weighted by Gasteiger charge is -2.29. The third-order valence-electron chi connectivity index (χ3n) is 3.03. The zero-order valence-corrected chi connectivity index (χ0v) is 10.6. The van der Waals surface area contributed by atoms with Gasteiger partial charge in [-0.25, -0.2) is 0 Å². The Kier molecular flexibility index (Phi) is 4.51. The van der Waals surface area contributed by atoms with Gasteiger partial charge in [0.25, 0.3) is 0 Å². The molecule has 98 valence electrons. The van der Waals surface area contributed by atoms with Crippen molar-refractivity contribution in [2.75, 3.05) is 13.2 Å². The predicted molar refractivity (Wildman–Crippen MR) is 60.1 cm³/mol. The average molecular weight is 244 g/mol. The van der Waals surface area contributed by atoms with Crippen LogP contribution in [0.5, 0.6) is 0 Å². The molecule has 5 heteroatoms. The first-order chi connectivity index (χ1) is 7.95. The maximum Gasteiger partial charge on any atom is 0.323 e. The largest absolute Gasteiger partial charge is 0.465 e. The molecule has 0 aromatic rings. The monoisotopic (exact) mass is 244 g/mol. The number of esters is 2. The summed E-state index contributed by atoms with van der Waals surface area (Å²) in [4.78, 5) is 23.5. The van der Waals surface area contributed by atoms with Gasteiger partial charge < -0.3 is 14.6 Å². The smallest absolute Gasteiger partial charge is 0.323 e. The van der Waals surface area contributed by atoms with Crippen molar-refractivity contribution in [3.8, 4) is 0 Å². The standard InChI is InChI=1S/C12H20O5/c1-4-16-10(13)9(11(14)17-5-2)12(3,15)8-6-7-8/h8-9,15H,4-7H2,1-3H3. The molecular formula is C12H20O5. The Labute approximate surface area is 101 Å². The van der Waals surface area contributed by atoms with Gasteiger partial charge in [0.1, 0.15) is 0 Å². The van der Waals surface area contributed by atoms with Gasteiger partial charge in [0.15, 0.2) is 5.92 Å². The molecule has 1 fully saturated rings. The number of hydrogen-bond donors (Lipinski definition) is 1. The lowest BCUT2D eigenvalue weighted by Crippen LogP contribution is -2.47. The number of hydrogen-bond acceptors (Lipinski definition) is 5. The highest BCUT2D eigenvalue weighted by molar-refractivity contribution is 5.96. The Balaban J connectivity index is 2.84. The molecule has 17 heavy (non-hydrogen) atoms. The van der Waals surface area contributed by atoms with Gasteiger partial charge in [0, 0.05) is 0 Å². The van der Waals surface area contributed by atoms with Gasteiger partial charge in [-0.1, -0.05) is 0 Å². The Morgan fingerprint density at radius 3 is 1.94 bits per heavy atom. The normalized spacial score (nSPS) is 18.6. The fourth-order valence-corrected chi connectivity index (χ4v) is 1.93. The van der Waals surface area contributed by atoms with E-state index < -0.39 is 23.5 Å². The molecule has 0 amide bonds. The molecule has 1 saturated carbocycles. The molecule has 1 unspecified atom stereocenters. The Morgan fingerprint density at radius 2 is 1.65 bits per heavy atom. The zero-order chi connectivity index (χ0) is 13.1. The van der Waals surface area contributed by atoms with Crippen LogP contribution in [-0.4, -0.2) is 35.9 Å². The number of carbonyl (C=O) groups is 2. The van der Waals surface area contributed by atoms with Gasteiger partial charge in [-0.15, -0.1) is 0 Å². The molecule has 0 heterocycles. The molecule has 0 bridgehead atoms. The van der Waals surface area contributed by atoms with Crippen LogP contribution >= 0.6 is 0 Å². The molecule has 1 atom stereocenters. The molecule has 0 aromatic heterocycles. The van der Waals surface area contributed by atoms with Crippen LogP contribution in [0.1, 0.15) is 33.6 Å². The number of aliphatic hydroxyl groups is 1. The summed E-state index contributed by atoms with van der Waals surface area (Å²) in [7, 11) is 0. The molecule has 5 nitrogen and oxygen atoms in total. The minimum absolute atomic E-state index is 0.0266. The summed E-state index contributed by atoms with van der Waals surface area (Å²) in [5, 5.41) is 10.3. The van der Waals surface area contributed by atoms with E-state index in [1.807, 2.05) is 0 Å². The molecular weight excluding hydrogens is 224 g/mol. The first-order valence-electron chi connectivity index (χ1n) is 6.00. The maximum atomic E-state index is 11.8. The van der Waals surface area contributed by atoms with Gasteiger partial charge in [-0.05, 0) is 39.5 Å². The van der Waals surface area contributed by atoms with Crippen LogP contribution in [0.15, 0.2) is 0 Å². The Morgan fingerprint density at radius 1 is 1.24 bits per heavy atom.